The van der Waals surface area contributed by atoms with E-state index in [2.05, 4.69) is 20.3 Å². The van der Waals surface area contributed by atoms with E-state index in [9.17, 15) is 14.4 Å². The van der Waals surface area contributed by atoms with Crippen LogP contribution in [0.4, 0.5) is 0 Å². The average Bonchev–Trinajstić information content (AvgIpc) is 2.68. The molecular weight excluding hydrogens is 346 g/mol. The van der Waals surface area contributed by atoms with Crippen molar-refractivity contribution in [1.29, 1.82) is 0 Å². The Bertz CT molecular complexity index is 1030. The third-order valence-corrected chi connectivity index (χ3v) is 3.92. The summed E-state index contributed by atoms with van der Waals surface area (Å²) >= 11 is 0. The van der Waals surface area contributed by atoms with Crippen molar-refractivity contribution in [2.75, 3.05) is 6.54 Å². The molecule has 0 bridgehead atoms. The minimum absolute atomic E-state index is 0.136. The van der Waals surface area contributed by atoms with Crippen LogP contribution in [-0.4, -0.2) is 32.0 Å². The van der Waals surface area contributed by atoms with Gasteiger partial charge in [0.1, 0.15) is 5.82 Å². The molecule has 8 nitrogen and oxygen atoms in total. The Morgan fingerprint density at radius 2 is 1.93 bits per heavy atom. The lowest BCUT2D eigenvalue weighted by atomic mass is 10.1. The van der Waals surface area contributed by atoms with Gasteiger partial charge in [-0.05, 0) is 6.07 Å². The summed E-state index contributed by atoms with van der Waals surface area (Å²) in [6.45, 7) is 0.596. The summed E-state index contributed by atoms with van der Waals surface area (Å²) in [5, 5.41) is 2.79. The summed E-state index contributed by atoms with van der Waals surface area (Å²) in [4.78, 5) is 45.4. The van der Waals surface area contributed by atoms with Gasteiger partial charge >= 0.3 is 5.69 Å². The highest BCUT2D eigenvalue weighted by molar-refractivity contribution is 5.75. The van der Waals surface area contributed by atoms with Gasteiger partial charge in [-0.3, -0.25) is 14.6 Å². The molecule has 0 aliphatic rings. The highest BCUT2D eigenvalue weighted by Crippen LogP contribution is 2.15. The summed E-state index contributed by atoms with van der Waals surface area (Å²) < 4.78 is 1.29. The van der Waals surface area contributed by atoms with Gasteiger partial charge in [0.25, 0.3) is 5.56 Å². The summed E-state index contributed by atoms with van der Waals surface area (Å²) in [6.07, 6.45) is 3.72. The molecule has 3 rings (SSSR count). The number of benzene rings is 1. The zero-order chi connectivity index (χ0) is 19.1. The molecule has 0 radical (unpaired) electrons. The van der Waals surface area contributed by atoms with E-state index in [-0.39, 0.29) is 18.9 Å². The van der Waals surface area contributed by atoms with Crippen molar-refractivity contribution in [3.8, 4) is 11.3 Å². The second kappa shape index (κ2) is 8.70. The first kappa shape index (κ1) is 18.2. The second-order valence-electron chi connectivity index (χ2n) is 5.88. The number of rotatable bonds is 7. The van der Waals surface area contributed by atoms with Crippen molar-refractivity contribution < 1.29 is 4.79 Å². The zero-order valence-electron chi connectivity index (χ0n) is 14.6. The van der Waals surface area contributed by atoms with Gasteiger partial charge in [-0.15, -0.1) is 0 Å². The quantitative estimate of drug-likeness (QED) is 0.642. The second-order valence-corrected chi connectivity index (χ2v) is 5.88. The molecule has 0 unspecified atom stereocenters. The van der Waals surface area contributed by atoms with Gasteiger partial charge in [-0.1, -0.05) is 30.3 Å². The summed E-state index contributed by atoms with van der Waals surface area (Å²) in [7, 11) is 0. The molecule has 27 heavy (non-hydrogen) atoms. The molecule has 2 N–H and O–H groups in total. The monoisotopic (exact) mass is 365 g/mol. The zero-order valence-corrected chi connectivity index (χ0v) is 14.6. The van der Waals surface area contributed by atoms with Crippen molar-refractivity contribution in [1.82, 2.24) is 24.8 Å². The fourth-order valence-electron chi connectivity index (χ4n) is 2.53. The van der Waals surface area contributed by atoms with Crippen LogP contribution in [0.1, 0.15) is 12.2 Å². The number of nitrogens with one attached hydrogen (secondary N) is 2. The van der Waals surface area contributed by atoms with E-state index in [4.69, 9.17) is 0 Å². The minimum atomic E-state index is -0.526. The van der Waals surface area contributed by atoms with Gasteiger partial charge in [0.15, 0.2) is 0 Å². The highest BCUT2D eigenvalue weighted by atomic mass is 16.2. The number of carbonyl (C=O) groups is 1. The van der Waals surface area contributed by atoms with Crippen molar-refractivity contribution >= 4 is 5.91 Å². The van der Waals surface area contributed by atoms with Crippen molar-refractivity contribution in [3.05, 3.63) is 81.5 Å². The predicted octanol–water partition coefficient (Wildman–Crippen LogP) is 0.743. The predicted molar refractivity (Wildman–Crippen MR) is 100 cm³/mol. The highest BCUT2D eigenvalue weighted by Gasteiger charge is 2.05. The van der Waals surface area contributed by atoms with Crippen LogP contribution in [0.25, 0.3) is 11.3 Å². The van der Waals surface area contributed by atoms with Crippen LogP contribution in [0.5, 0.6) is 0 Å². The van der Waals surface area contributed by atoms with E-state index < -0.39 is 11.2 Å². The average molecular weight is 365 g/mol. The maximum absolute atomic E-state index is 11.9. The van der Waals surface area contributed by atoms with E-state index in [1.165, 1.54) is 16.8 Å². The molecular formula is C19H19N5O3. The summed E-state index contributed by atoms with van der Waals surface area (Å²) in [6, 6.07) is 12.9. The van der Waals surface area contributed by atoms with Crippen LogP contribution >= 0.6 is 0 Å². The van der Waals surface area contributed by atoms with Gasteiger partial charge in [-0.25, -0.2) is 14.8 Å². The normalized spacial score (nSPS) is 10.5. The Labute approximate surface area is 154 Å². The number of hydrogen-bond acceptors (Lipinski definition) is 5. The van der Waals surface area contributed by atoms with Crippen LogP contribution in [0.15, 0.2) is 64.4 Å². The molecule has 138 valence electrons. The first-order valence-corrected chi connectivity index (χ1v) is 8.55. The Hall–Kier alpha value is -3.55. The summed E-state index contributed by atoms with van der Waals surface area (Å²) in [5.41, 5.74) is 0.862. The van der Waals surface area contributed by atoms with Crippen LogP contribution in [-0.2, 0) is 17.8 Å². The Morgan fingerprint density at radius 1 is 1.11 bits per heavy atom. The Balaban J connectivity index is 1.49. The van der Waals surface area contributed by atoms with Gasteiger partial charge in [0.2, 0.25) is 5.91 Å². The first-order valence-electron chi connectivity index (χ1n) is 8.55. The minimum Gasteiger partial charge on any atom is -0.356 e. The van der Waals surface area contributed by atoms with Gasteiger partial charge in [0, 0.05) is 50.0 Å². The Morgan fingerprint density at radius 3 is 2.70 bits per heavy atom. The smallest absolute Gasteiger partial charge is 0.328 e. The third kappa shape index (κ3) is 5.21. The molecule has 0 saturated heterocycles. The lowest BCUT2D eigenvalue weighted by molar-refractivity contribution is -0.121. The van der Waals surface area contributed by atoms with E-state index in [1.54, 1.807) is 6.20 Å². The number of carbonyl (C=O) groups excluding carboxylic acids is 1. The van der Waals surface area contributed by atoms with Crippen LogP contribution in [0.3, 0.4) is 0 Å². The van der Waals surface area contributed by atoms with E-state index in [0.717, 1.165) is 11.3 Å². The number of aryl methyl sites for hydroxylation is 1. The fraction of sp³-hybridized carbons (Fsp3) is 0.211. The number of amides is 1. The topological polar surface area (TPSA) is 110 Å². The number of hydrogen-bond donors (Lipinski definition) is 2. The molecule has 0 atom stereocenters. The molecule has 3 aromatic rings. The molecule has 0 aliphatic heterocycles. The van der Waals surface area contributed by atoms with Crippen molar-refractivity contribution in [2.24, 2.45) is 0 Å². The molecule has 2 aromatic heterocycles. The molecule has 8 heteroatoms. The number of nitrogens with zero attached hydrogens (tertiary/aromatic N) is 3. The SMILES string of the molecule is O=C(CCn1ccc(=O)[nH]c1=O)NCCc1nccc(-c2ccccc2)n1. The molecule has 0 spiro atoms. The van der Waals surface area contributed by atoms with Crippen LogP contribution in [0, 0.1) is 0 Å². The largest absolute Gasteiger partial charge is 0.356 e. The van der Waals surface area contributed by atoms with Crippen LogP contribution < -0.4 is 16.6 Å². The molecule has 0 aliphatic carbocycles. The molecule has 0 fully saturated rings. The van der Waals surface area contributed by atoms with E-state index >= 15 is 0 Å². The summed E-state index contributed by atoms with van der Waals surface area (Å²) in [5.74, 6) is 0.459. The number of aromatic nitrogens is 4. The lowest BCUT2D eigenvalue weighted by Gasteiger charge is -2.07. The molecule has 1 aromatic carbocycles. The van der Waals surface area contributed by atoms with Gasteiger partial charge < -0.3 is 9.88 Å². The lowest BCUT2D eigenvalue weighted by Crippen LogP contribution is -2.32. The first-order chi connectivity index (χ1) is 13.1. The van der Waals surface area contributed by atoms with Gasteiger partial charge in [-0.2, -0.15) is 0 Å². The molecule has 2 heterocycles. The number of H-pyrrole nitrogens is 1. The van der Waals surface area contributed by atoms with E-state index in [0.29, 0.717) is 18.8 Å². The fourth-order valence-corrected chi connectivity index (χ4v) is 2.53. The number of aromatic amines is 1. The Kier molecular flexibility index (Phi) is 5.88. The standard InChI is InChI=1S/C19H19N5O3/c25-17(8-12-24-13-9-18(26)23-19(24)27)21-11-7-16-20-10-6-15(22-16)14-4-2-1-3-5-14/h1-6,9-10,13H,7-8,11-12H2,(H,21,25)(H,23,26,27). The van der Waals surface area contributed by atoms with Gasteiger partial charge in [0.05, 0.1) is 5.69 Å². The van der Waals surface area contributed by atoms with Crippen LogP contribution in [0.2, 0.25) is 0 Å². The maximum Gasteiger partial charge on any atom is 0.328 e. The van der Waals surface area contributed by atoms with Crippen molar-refractivity contribution in [2.45, 2.75) is 19.4 Å². The van der Waals surface area contributed by atoms with Crippen molar-refractivity contribution in [3.63, 3.8) is 0 Å². The third-order valence-electron chi connectivity index (χ3n) is 3.92. The molecule has 1 amide bonds. The maximum atomic E-state index is 11.9. The van der Waals surface area contributed by atoms with E-state index in [1.807, 2.05) is 36.4 Å². The molecule has 0 saturated carbocycles.